The number of benzene rings is 3. The first-order chi connectivity index (χ1) is 17.6. The maximum Gasteiger partial charge on any atom is 0.258 e. The third-order valence-electron chi connectivity index (χ3n) is 6.59. The highest BCUT2D eigenvalue weighted by atomic mass is 16.5. The van der Waals surface area contributed by atoms with E-state index in [-0.39, 0.29) is 17.9 Å². The van der Waals surface area contributed by atoms with E-state index in [1.54, 1.807) is 11.5 Å². The number of hydrogen-bond acceptors (Lipinski definition) is 5. The van der Waals surface area contributed by atoms with Crippen molar-refractivity contribution in [2.45, 2.75) is 18.8 Å². The van der Waals surface area contributed by atoms with Crippen LogP contribution in [0.3, 0.4) is 0 Å². The van der Waals surface area contributed by atoms with Crippen LogP contribution >= 0.6 is 0 Å². The quantitative estimate of drug-likeness (QED) is 0.378. The number of carbonyl (C=O) groups excluding carboxylic acids is 1. The van der Waals surface area contributed by atoms with E-state index in [2.05, 4.69) is 27.4 Å². The van der Waals surface area contributed by atoms with E-state index in [0.29, 0.717) is 35.3 Å². The molecule has 0 bridgehead atoms. The minimum absolute atomic E-state index is 0.144. The van der Waals surface area contributed by atoms with Crippen molar-refractivity contribution in [3.05, 3.63) is 99.8 Å². The molecule has 1 aliphatic heterocycles. The fourth-order valence-electron chi connectivity index (χ4n) is 4.88. The summed E-state index contributed by atoms with van der Waals surface area (Å²) >= 11 is 0. The number of nitrogens with one attached hydrogen (secondary N) is 2. The van der Waals surface area contributed by atoms with Crippen LogP contribution in [0.1, 0.15) is 29.0 Å². The van der Waals surface area contributed by atoms with Crippen molar-refractivity contribution in [3.63, 3.8) is 0 Å². The normalized spacial score (nSPS) is 15.0. The number of methoxy groups -OCH3 is 1. The summed E-state index contributed by atoms with van der Waals surface area (Å²) in [7, 11) is 1.58. The Hall–Kier alpha value is -4.59. The Morgan fingerprint density at radius 2 is 1.81 bits per heavy atom. The number of H-pyrrole nitrogens is 1. The van der Waals surface area contributed by atoms with Gasteiger partial charge in [0.1, 0.15) is 5.82 Å². The van der Waals surface area contributed by atoms with E-state index in [0.717, 1.165) is 23.0 Å². The Morgan fingerprint density at radius 3 is 2.64 bits per heavy atom. The molecule has 3 heterocycles. The fraction of sp³-hybridized carbons (Fsp3) is 0.179. The number of rotatable bonds is 6. The van der Waals surface area contributed by atoms with Crippen LogP contribution in [0.5, 0.6) is 11.5 Å². The second-order valence-corrected chi connectivity index (χ2v) is 8.78. The van der Waals surface area contributed by atoms with Gasteiger partial charge in [-0.2, -0.15) is 0 Å². The SMILES string of the molecule is COc1cc(C2CC(=O)Nc3c2c(=O)[nH]c2nc4ccccc4n32)ccc1OCCc1ccccc1. The number of anilines is 1. The van der Waals surface area contributed by atoms with Gasteiger partial charge in [0.2, 0.25) is 11.7 Å². The lowest BCUT2D eigenvalue weighted by Crippen LogP contribution is -2.32. The second kappa shape index (κ2) is 8.88. The molecule has 5 aromatic rings. The van der Waals surface area contributed by atoms with Gasteiger partial charge in [0.05, 0.1) is 30.3 Å². The molecule has 0 saturated heterocycles. The number of para-hydroxylation sites is 2. The van der Waals surface area contributed by atoms with Crippen molar-refractivity contribution >= 4 is 28.5 Å². The molecule has 0 fully saturated rings. The third-order valence-corrected chi connectivity index (χ3v) is 6.59. The van der Waals surface area contributed by atoms with Crippen molar-refractivity contribution in [1.82, 2.24) is 14.4 Å². The van der Waals surface area contributed by atoms with Gasteiger partial charge in [-0.25, -0.2) is 4.98 Å². The lowest BCUT2D eigenvalue weighted by molar-refractivity contribution is -0.116. The molecule has 1 amide bonds. The molecular formula is C28H24N4O4. The van der Waals surface area contributed by atoms with E-state index in [9.17, 15) is 9.59 Å². The van der Waals surface area contributed by atoms with Crippen LogP contribution in [0.25, 0.3) is 16.8 Å². The zero-order valence-electron chi connectivity index (χ0n) is 19.7. The Morgan fingerprint density at radius 1 is 1.00 bits per heavy atom. The van der Waals surface area contributed by atoms with Crippen molar-refractivity contribution in [1.29, 1.82) is 0 Å². The number of hydrogen-bond donors (Lipinski definition) is 2. The van der Waals surface area contributed by atoms with Crippen LogP contribution in [0.15, 0.2) is 77.6 Å². The summed E-state index contributed by atoms with van der Waals surface area (Å²) in [5, 5.41) is 2.91. The fourth-order valence-corrected chi connectivity index (χ4v) is 4.88. The number of amides is 1. The standard InChI is InChI=1S/C28H24N4O4/c1-35-23-15-18(11-12-22(23)36-14-13-17-7-3-2-4-8-17)19-16-24(33)30-26-25(19)27(34)31-28-29-20-9-5-6-10-21(20)32(26)28/h2-12,15,19H,13-14,16H2,1H3,(H,30,33)(H,29,31,34). The van der Waals surface area contributed by atoms with Crippen LogP contribution in [0.2, 0.25) is 0 Å². The van der Waals surface area contributed by atoms with Gasteiger partial charge >= 0.3 is 0 Å². The summed E-state index contributed by atoms with van der Waals surface area (Å²) in [4.78, 5) is 33.4. The summed E-state index contributed by atoms with van der Waals surface area (Å²) in [5.41, 5.74) is 3.74. The Bertz CT molecular complexity index is 1660. The molecule has 0 spiro atoms. The average Bonchev–Trinajstić information content (AvgIpc) is 3.27. The molecule has 3 aromatic carbocycles. The van der Waals surface area contributed by atoms with E-state index >= 15 is 0 Å². The molecule has 180 valence electrons. The second-order valence-electron chi connectivity index (χ2n) is 8.78. The number of imidazole rings is 1. The average molecular weight is 481 g/mol. The predicted octanol–water partition coefficient (Wildman–Crippen LogP) is 4.28. The lowest BCUT2D eigenvalue weighted by atomic mass is 9.86. The van der Waals surface area contributed by atoms with Gasteiger partial charge < -0.3 is 14.8 Å². The minimum atomic E-state index is -0.449. The molecule has 6 rings (SSSR count). The van der Waals surface area contributed by atoms with Crippen LogP contribution in [-0.2, 0) is 11.2 Å². The van der Waals surface area contributed by atoms with Gasteiger partial charge in [-0.15, -0.1) is 0 Å². The van der Waals surface area contributed by atoms with E-state index in [4.69, 9.17) is 9.47 Å². The van der Waals surface area contributed by atoms with Gasteiger partial charge in [-0.05, 0) is 35.4 Å². The van der Waals surface area contributed by atoms with Gasteiger partial charge in [-0.3, -0.25) is 19.0 Å². The summed E-state index contributed by atoms with van der Waals surface area (Å²) in [6.07, 6.45) is 0.914. The van der Waals surface area contributed by atoms with Crippen molar-refractivity contribution in [2.24, 2.45) is 0 Å². The van der Waals surface area contributed by atoms with E-state index < -0.39 is 5.92 Å². The molecule has 0 radical (unpaired) electrons. The smallest absolute Gasteiger partial charge is 0.258 e. The topological polar surface area (TPSA) is 97.7 Å². The van der Waals surface area contributed by atoms with Crippen LogP contribution in [-0.4, -0.2) is 34.0 Å². The predicted molar refractivity (Wildman–Crippen MR) is 137 cm³/mol. The highest BCUT2D eigenvalue weighted by Crippen LogP contribution is 2.39. The van der Waals surface area contributed by atoms with Crippen LogP contribution < -0.4 is 20.3 Å². The summed E-state index contributed by atoms with van der Waals surface area (Å²) in [5.74, 6) is 1.39. The molecular weight excluding hydrogens is 456 g/mol. The third kappa shape index (κ3) is 3.76. The molecule has 8 heteroatoms. The number of carbonyl (C=O) groups is 1. The van der Waals surface area contributed by atoms with E-state index in [1.807, 2.05) is 60.7 Å². The molecule has 1 atom stereocenters. The van der Waals surface area contributed by atoms with Crippen LogP contribution in [0.4, 0.5) is 5.82 Å². The summed E-state index contributed by atoms with van der Waals surface area (Å²) in [6.45, 7) is 0.500. The molecule has 2 N–H and O–H groups in total. The van der Waals surface area contributed by atoms with Crippen molar-refractivity contribution in [3.8, 4) is 11.5 Å². The Kier molecular flexibility index (Phi) is 5.41. The number of aromatic amines is 1. The highest BCUT2D eigenvalue weighted by Gasteiger charge is 2.32. The van der Waals surface area contributed by atoms with E-state index in [1.165, 1.54) is 5.56 Å². The minimum Gasteiger partial charge on any atom is -0.493 e. The largest absolute Gasteiger partial charge is 0.493 e. The van der Waals surface area contributed by atoms with Gasteiger partial charge in [-0.1, -0.05) is 48.5 Å². The lowest BCUT2D eigenvalue weighted by Gasteiger charge is -2.26. The molecule has 36 heavy (non-hydrogen) atoms. The monoisotopic (exact) mass is 480 g/mol. The molecule has 1 unspecified atom stereocenters. The number of aromatic nitrogens is 3. The summed E-state index contributed by atoms with van der Waals surface area (Å²) < 4.78 is 13.4. The van der Waals surface area contributed by atoms with Gasteiger partial charge in [0.25, 0.3) is 5.56 Å². The molecule has 8 nitrogen and oxygen atoms in total. The first-order valence-corrected chi connectivity index (χ1v) is 11.8. The molecule has 0 aliphatic carbocycles. The number of nitrogens with zero attached hydrogens (tertiary/aromatic N) is 2. The van der Waals surface area contributed by atoms with Gasteiger partial charge in [0.15, 0.2) is 11.5 Å². The maximum atomic E-state index is 13.2. The first-order valence-electron chi connectivity index (χ1n) is 11.8. The zero-order chi connectivity index (χ0) is 24.6. The van der Waals surface area contributed by atoms with Gasteiger partial charge in [0, 0.05) is 18.8 Å². The Labute approximate surface area is 206 Å². The van der Waals surface area contributed by atoms with Crippen molar-refractivity contribution < 1.29 is 14.3 Å². The molecule has 2 aromatic heterocycles. The van der Waals surface area contributed by atoms with Crippen LogP contribution in [0, 0.1) is 0 Å². The zero-order valence-corrected chi connectivity index (χ0v) is 19.7. The summed E-state index contributed by atoms with van der Waals surface area (Å²) in [6, 6.07) is 23.3. The number of fused-ring (bicyclic) bond motifs is 5. The molecule has 0 saturated carbocycles. The molecule has 1 aliphatic rings. The first kappa shape index (κ1) is 21.9. The maximum absolute atomic E-state index is 13.2. The number of ether oxygens (including phenoxy) is 2. The highest BCUT2D eigenvalue weighted by molar-refractivity contribution is 5.96. The Balaban J connectivity index is 1.38. The van der Waals surface area contributed by atoms with Crippen molar-refractivity contribution in [2.75, 3.05) is 19.0 Å².